The maximum Gasteiger partial charge on any atom is 0.240 e. The van der Waals surface area contributed by atoms with E-state index >= 15 is 0 Å². The van der Waals surface area contributed by atoms with Crippen molar-refractivity contribution in [2.24, 2.45) is 0 Å². The van der Waals surface area contributed by atoms with Gasteiger partial charge in [0.25, 0.3) is 0 Å². The van der Waals surface area contributed by atoms with Crippen molar-refractivity contribution in [2.75, 3.05) is 0 Å². The van der Waals surface area contributed by atoms with E-state index in [9.17, 15) is 12.8 Å². The van der Waals surface area contributed by atoms with Gasteiger partial charge < -0.3 is 4.57 Å². The Morgan fingerprint density at radius 1 is 0.968 bits per heavy atom. The fourth-order valence-corrected chi connectivity index (χ4v) is 4.78. The van der Waals surface area contributed by atoms with E-state index in [0.29, 0.717) is 23.5 Å². The van der Waals surface area contributed by atoms with Gasteiger partial charge in [-0.05, 0) is 54.3 Å². The summed E-state index contributed by atoms with van der Waals surface area (Å²) >= 11 is 0. The van der Waals surface area contributed by atoms with E-state index < -0.39 is 10.0 Å². The molecule has 5 rings (SSSR count). The molecule has 1 aliphatic carbocycles. The van der Waals surface area contributed by atoms with Crippen LogP contribution < -0.4 is 4.72 Å². The lowest BCUT2D eigenvalue weighted by atomic mass is 10.2. The summed E-state index contributed by atoms with van der Waals surface area (Å²) in [6.07, 6.45) is 2.23. The Morgan fingerprint density at radius 3 is 2.42 bits per heavy atom. The van der Waals surface area contributed by atoms with Crippen molar-refractivity contribution in [3.05, 3.63) is 95.6 Å². The van der Waals surface area contributed by atoms with E-state index in [1.807, 2.05) is 24.3 Å². The SMILES string of the molecule is O=S(=O)(NCc1ccc(F)cc1)c1ccc2c(c1)nc(C1CC1)n2Cc1ccccc1. The van der Waals surface area contributed by atoms with Gasteiger partial charge in [0.15, 0.2) is 0 Å². The third-order valence-corrected chi connectivity index (χ3v) is 6.96. The second-order valence-corrected chi connectivity index (χ2v) is 9.68. The second kappa shape index (κ2) is 7.90. The van der Waals surface area contributed by atoms with Crippen molar-refractivity contribution < 1.29 is 12.8 Å². The molecule has 0 atom stereocenters. The maximum absolute atomic E-state index is 13.1. The first-order valence-electron chi connectivity index (χ1n) is 10.3. The Hall–Kier alpha value is -3.03. The van der Waals surface area contributed by atoms with Gasteiger partial charge in [0.05, 0.1) is 15.9 Å². The van der Waals surface area contributed by atoms with Gasteiger partial charge in [-0.3, -0.25) is 0 Å². The zero-order chi connectivity index (χ0) is 21.4. The fraction of sp³-hybridized carbons (Fsp3) is 0.208. The number of hydrogen-bond acceptors (Lipinski definition) is 3. The zero-order valence-corrected chi connectivity index (χ0v) is 17.6. The molecule has 3 aromatic carbocycles. The van der Waals surface area contributed by atoms with Gasteiger partial charge in [-0.25, -0.2) is 22.5 Å². The molecule has 0 saturated heterocycles. The van der Waals surface area contributed by atoms with Gasteiger partial charge in [-0.1, -0.05) is 42.5 Å². The lowest BCUT2D eigenvalue weighted by Gasteiger charge is -2.10. The second-order valence-electron chi connectivity index (χ2n) is 7.92. The highest BCUT2D eigenvalue weighted by Crippen LogP contribution is 2.41. The molecule has 1 aromatic heterocycles. The van der Waals surface area contributed by atoms with Gasteiger partial charge in [0.2, 0.25) is 10.0 Å². The monoisotopic (exact) mass is 435 g/mol. The highest BCUT2D eigenvalue weighted by molar-refractivity contribution is 7.89. The standard InChI is InChI=1S/C24H22FN3O2S/c25-20-10-6-17(7-11-20)15-26-31(29,30)21-12-13-23-22(14-21)27-24(19-8-9-19)28(23)16-18-4-2-1-3-5-18/h1-7,10-14,19,26H,8-9,15-16H2. The van der Waals surface area contributed by atoms with Gasteiger partial charge in [-0.2, -0.15) is 0 Å². The summed E-state index contributed by atoms with van der Waals surface area (Å²) in [6.45, 7) is 0.800. The zero-order valence-electron chi connectivity index (χ0n) is 16.8. The summed E-state index contributed by atoms with van der Waals surface area (Å²) in [5.41, 5.74) is 3.49. The third kappa shape index (κ3) is 4.24. The molecular formula is C24H22FN3O2S. The van der Waals surface area contributed by atoms with Crippen LogP contribution in [0, 0.1) is 5.82 Å². The molecule has 0 spiro atoms. The summed E-state index contributed by atoms with van der Waals surface area (Å²) < 4.78 is 43.5. The molecule has 1 aliphatic rings. The van der Waals surface area contributed by atoms with Crippen LogP contribution in [0.25, 0.3) is 11.0 Å². The van der Waals surface area contributed by atoms with Crippen molar-refractivity contribution in [3.63, 3.8) is 0 Å². The highest BCUT2D eigenvalue weighted by atomic mass is 32.2. The van der Waals surface area contributed by atoms with Crippen molar-refractivity contribution >= 4 is 21.1 Å². The van der Waals surface area contributed by atoms with Gasteiger partial charge >= 0.3 is 0 Å². The Labute approximate surface area is 180 Å². The molecule has 0 radical (unpaired) electrons. The number of rotatable bonds is 7. The molecule has 5 nitrogen and oxygen atoms in total. The van der Waals surface area contributed by atoms with Crippen LogP contribution in [0.1, 0.15) is 35.7 Å². The molecular weight excluding hydrogens is 413 g/mol. The van der Waals surface area contributed by atoms with E-state index in [1.54, 1.807) is 24.3 Å². The first-order valence-corrected chi connectivity index (χ1v) is 11.8. The van der Waals surface area contributed by atoms with Crippen molar-refractivity contribution in [1.29, 1.82) is 0 Å². The molecule has 4 aromatic rings. The smallest absolute Gasteiger partial charge is 0.240 e. The highest BCUT2D eigenvalue weighted by Gasteiger charge is 2.30. The number of benzene rings is 3. The van der Waals surface area contributed by atoms with E-state index in [1.165, 1.54) is 17.7 Å². The van der Waals surface area contributed by atoms with Crippen molar-refractivity contribution in [2.45, 2.75) is 36.7 Å². The first kappa shape index (κ1) is 19.9. The van der Waals surface area contributed by atoms with Crippen LogP contribution in [-0.2, 0) is 23.1 Å². The molecule has 1 saturated carbocycles. The molecule has 0 bridgehead atoms. The Morgan fingerprint density at radius 2 is 1.71 bits per heavy atom. The lowest BCUT2D eigenvalue weighted by Crippen LogP contribution is -2.23. The summed E-state index contributed by atoms with van der Waals surface area (Å²) in [4.78, 5) is 4.98. The number of hydrogen-bond donors (Lipinski definition) is 1. The molecule has 1 fully saturated rings. The predicted octanol–water partition coefficient (Wildman–Crippen LogP) is 4.58. The number of halogens is 1. The molecule has 158 valence electrons. The lowest BCUT2D eigenvalue weighted by molar-refractivity contribution is 0.581. The molecule has 0 amide bonds. The minimum absolute atomic E-state index is 0.0937. The normalized spacial score (nSPS) is 14.2. The minimum atomic E-state index is -3.72. The van der Waals surface area contributed by atoms with Gasteiger partial charge in [0.1, 0.15) is 11.6 Å². The Kier molecular flexibility index (Phi) is 5.08. The van der Waals surface area contributed by atoms with Crippen LogP contribution in [0.4, 0.5) is 4.39 Å². The maximum atomic E-state index is 13.1. The Balaban J connectivity index is 1.45. The molecule has 1 heterocycles. The van der Waals surface area contributed by atoms with Crippen LogP contribution in [0.15, 0.2) is 77.7 Å². The van der Waals surface area contributed by atoms with Crippen LogP contribution in [-0.4, -0.2) is 18.0 Å². The van der Waals surface area contributed by atoms with Gasteiger partial charge in [0, 0.05) is 19.0 Å². The van der Waals surface area contributed by atoms with E-state index in [4.69, 9.17) is 4.98 Å². The van der Waals surface area contributed by atoms with Crippen LogP contribution >= 0.6 is 0 Å². The van der Waals surface area contributed by atoms with Gasteiger partial charge in [-0.15, -0.1) is 0 Å². The summed E-state index contributed by atoms with van der Waals surface area (Å²) in [7, 11) is -3.72. The topological polar surface area (TPSA) is 64.0 Å². The largest absolute Gasteiger partial charge is 0.323 e. The van der Waals surface area contributed by atoms with E-state index in [2.05, 4.69) is 21.4 Å². The quantitative estimate of drug-likeness (QED) is 0.462. The summed E-state index contributed by atoms with van der Waals surface area (Å²) in [5, 5.41) is 0. The van der Waals surface area contributed by atoms with Crippen molar-refractivity contribution in [1.82, 2.24) is 14.3 Å². The van der Waals surface area contributed by atoms with E-state index in [-0.39, 0.29) is 17.3 Å². The number of imidazole rings is 1. The van der Waals surface area contributed by atoms with Crippen LogP contribution in [0.2, 0.25) is 0 Å². The molecule has 0 unspecified atom stereocenters. The number of fused-ring (bicyclic) bond motifs is 1. The average molecular weight is 436 g/mol. The number of aromatic nitrogens is 2. The molecule has 1 N–H and O–H groups in total. The minimum Gasteiger partial charge on any atom is -0.323 e. The number of nitrogens with zero attached hydrogens (tertiary/aromatic N) is 2. The summed E-state index contributed by atoms with van der Waals surface area (Å²) in [5.74, 6) is 1.11. The average Bonchev–Trinajstić information content (AvgIpc) is 3.56. The van der Waals surface area contributed by atoms with E-state index in [0.717, 1.165) is 24.2 Å². The first-order chi connectivity index (χ1) is 15.0. The van der Waals surface area contributed by atoms with Crippen molar-refractivity contribution in [3.8, 4) is 0 Å². The van der Waals surface area contributed by atoms with Crippen LogP contribution in [0.3, 0.4) is 0 Å². The fourth-order valence-electron chi connectivity index (χ4n) is 3.74. The number of sulfonamides is 1. The number of nitrogens with one attached hydrogen (secondary N) is 1. The molecule has 0 aliphatic heterocycles. The summed E-state index contributed by atoms with van der Waals surface area (Å²) in [6, 6.07) is 21.0. The predicted molar refractivity (Wildman–Crippen MR) is 118 cm³/mol. The Bertz CT molecular complexity index is 1330. The third-order valence-electron chi connectivity index (χ3n) is 5.57. The molecule has 31 heavy (non-hydrogen) atoms. The molecule has 7 heteroatoms. The van der Waals surface area contributed by atoms with Crippen LogP contribution in [0.5, 0.6) is 0 Å².